The molecule has 7 heteroatoms. The Morgan fingerprint density at radius 1 is 1.11 bits per heavy atom. The zero-order valence-corrected chi connectivity index (χ0v) is 15.1. The molecule has 3 aromatic rings. The monoisotopic (exact) mass is 364 g/mol. The van der Waals surface area contributed by atoms with Gasteiger partial charge in [-0.05, 0) is 35.9 Å². The molecule has 0 saturated carbocycles. The minimum atomic E-state index is -0.427. The zero-order valence-electron chi connectivity index (χ0n) is 15.1. The number of fused-ring (bicyclic) bond motifs is 1. The van der Waals surface area contributed by atoms with Crippen molar-refractivity contribution in [2.75, 3.05) is 7.11 Å². The summed E-state index contributed by atoms with van der Waals surface area (Å²) in [5, 5.41) is 0. The maximum absolute atomic E-state index is 12.1. The molecule has 7 nitrogen and oxygen atoms in total. The van der Waals surface area contributed by atoms with E-state index >= 15 is 0 Å². The molecule has 0 fully saturated rings. The van der Waals surface area contributed by atoms with Crippen LogP contribution in [-0.2, 0) is 23.1 Å². The van der Waals surface area contributed by atoms with Gasteiger partial charge in [0.05, 0.1) is 24.6 Å². The maximum atomic E-state index is 12.1. The molecule has 0 unspecified atom stereocenters. The van der Waals surface area contributed by atoms with Crippen LogP contribution in [0.25, 0.3) is 17.1 Å². The second-order valence-electron chi connectivity index (χ2n) is 5.90. The van der Waals surface area contributed by atoms with Gasteiger partial charge < -0.3 is 9.30 Å². The Labute approximate surface area is 156 Å². The molecule has 0 aliphatic rings. The second-order valence-corrected chi connectivity index (χ2v) is 5.90. The molecule has 0 spiro atoms. The lowest BCUT2D eigenvalue weighted by Gasteiger charge is -2.05. The molecule has 3 rings (SSSR count). The van der Waals surface area contributed by atoms with E-state index in [-0.39, 0.29) is 12.3 Å². The van der Waals surface area contributed by atoms with E-state index in [9.17, 15) is 9.59 Å². The predicted molar refractivity (Wildman–Crippen MR) is 103 cm³/mol. The summed E-state index contributed by atoms with van der Waals surface area (Å²) < 4.78 is 6.94. The molecule has 0 aliphatic carbocycles. The van der Waals surface area contributed by atoms with E-state index in [0.717, 1.165) is 22.3 Å². The van der Waals surface area contributed by atoms with E-state index in [0.29, 0.717) is 5.82 Å². The molecule has 0 saturated heterocycles. The summed E-state index contributed by atoms with van der Waals surface area (Å²) in [4.78, 5) is 28.4. The topological polar surface area (TPSA) is 85.2 Å². The number of aromatic nitrogens is 2. The highest BCUT2D eigenvalue weighted by atomic mass is 16.5. The quantitative estimate of drug-likeness (QED) is 0.536. The molecular formula is C20H20N4O3. The van der Waals surface area contributed by atoms with E-state index in [1.165, 1.54) is 6.08 Å². The number of ether oxygens (including phenoxy) is 1. The third-order valence-electron chi connectivity index (χ3n) is 4.07. The number of rotatable bonds is 5. The molecule has 27 heavy (non-hydrogen) atoms. The van der Waals surface area contributed by atoms with Crippen molar-refractivity contribution < 1.29 is 14.3 Å². The summed E-state index contributed by atoms with van der Waals surface area (Å²) in [5.74, 6) is 0.589. The van der Waals surface area contributed by atoms with Gasteiger partial charge >= 0.3 is 0 Å². The van der Waals surface area contributed by atoms with Gasteiger partial charge in [-0.3, -0.25) is 20.4 Å². The van der Waals surface area contributed by atoms with Crippen LogP contribution >= 0.6 is 0 Å². The normalized spacial score (nSPS) is 10.9. The Morgan fingerprint density at radius 2 is 1.85 bits per heavy atom. The molecule has 2 amide bonds. The molecule has 1 aromatic heterocycles. The highest BCUT2D eigenvalue weighted by Crippen LogP contribution is 2.14. The first-order chi connectivity index (χ1) is 13.1. The van der Waals surface area contributed by atoms with Crippen LogP contribution in [0.4, 0.5) is 0 Å². The van der Waals surface area contributed by atoms with E-state index in [4.69, 9.17) is 4.74 Å². The molecule has 2 N–H and O–H groups in total. The lowest BCUT2D eigenvalue weighted by molar-refractivity contribution is -0.126. The highest BCUT2D eigenvalue weighted by molar-refractivity contribution is 5.93. The molecule has 0 radical (unpaired) electrons. The molecule has 0 bridgehead atoms. The smallest absolute Gasteiger partial charge is 0.262 e. The summed E-state index contributed by atoms with van der Waals surface area (Å²) in [6, 6.07) is 14.9. The van der Waals surface area contributed by atoms with Gasteiger partial charge in [-0.25, -0.2) is 4.98 Å². The van der Waals surface area contributed by atoms with Crippen molar-refractivity contribution >= 4 is 28.9 Å². The molecule has 0 aliphatic heterocycles. The minimum absolute atomic E-state index is 0.0631. The Kier molecular flexibility index (Phi) is 5.51. The Bertz CT molecular complexity index is 990. The number of hydrogen-bond donors (Lipinski definition) is 2. The number of carbonyl (C=O) groups excluding carboxylic acids is 2. The first-order valence-electron chi connectivity index (χ1n) is 8.38. The SMILES string of the molecule is COc1ccc(C=CC(=O)NNC(=O)Cc2nc3ccccc3n2C)cc1. The summed E-state index contributed by atoms with van der Waals surface area (Å²) >= 11 is 0. The fourth-order valence-corrected chi connectivity index (χ4v) is 2.60. The van der Waals surface area contributed by atoms with Gasteiger partial charge in [-0.2, -0.15) is 0 Å². The van der Waals surface area contributed by atoms with Crippen LogP contribution < -0.4 is 15.6 Å². The number of amides is 2. The van der Waals surface area contributed by atoms with E-state index in [1.54, 1.807) is 25.3 Å². The van der Waals surface area contributed by atoms with Crippen LogP contribution in [0.15, 0.2) is 54.6 Å². The Balaban J connectivity index is 1.52. The average molecular weight is 364 g/mol. The largest absolute Gasteiger partial charge is 0.497 e. The van der Waals surface area contributed by atoms with Crippen molar-refractivity contribution in [2.45, 2.75) is 6.42 Å². The number of para-hydroxylation sites is 2. The molecule has 1 heterocycles. The van der Waals surface area contributed by atoms with E-state index in [1.807, 2.05) is 48.0 Å². The van der Waals surface area contributed by atoms with Gasteiger partial charge in [0.15, 0.2) is 0 Å². The van der Waals surface area contributed by atoms with Gasteiger partial charge in [0, 0.05) is 13.1 Å². The molecule has 2 aromatic carbocycles. The van der Waals surface area contributed by atoms with Gasteiger partial charge in [0.2, 0.25) is 5.91 Å². The van der Waals surface area contributed by atoms with Gasteiger partial charge in [-0.15, -0.1) is 0 Å². The Hall–Kier alpha value is -3.61. The number of methoxy groups -OCH3 is 1. The summed E-state index contributed by atoms with van der Waals surface area (Å²) in [7, 11) is 3.45. The molecule has 0 atom stereocenters. The van der Waals surface area contributed by atoms with Crippen LogP contribution in [0.1, 0.15) is 11.4 Å². The van der Waals surface area contributed by atoms with Crippen LogP contribution in [-0.4, -0.2) is 28.5 Å². The van der Waals surface area contributed by atoms with Crippen LogP contribution in [0.3, 0.4) is 0 Å². The number of carbonyl (C=O) groups is 2. The molecule has 138 valence electrons. The van der Waals surface area contributed by atoms with Crippen molar-refractivity contribution in [1.29, 1.82) is 0 Å². The zero-order chi connectivity index (χ0) is 19.2. The summed E-state index contributed by atoms with van der Waals surface area (Å²) in [5.41, 5.74) is 7.38. The summed E-state index contributed by atoms with van der Waals surface area (Å²) in [6.45, 7) is 0. The van der Waals surface area contributed by atoms with Crippen molar-refractivity contribution in [3.05, 3.63) is 66.0 Å². The van der Waals surface area contributed by atoms with Crippen molar-refractivity contribution in [2.24, 2.45) is 7.05 Å². The minimum Gasteiger partial charge on any atom is -0.497 e. The van der Waals surface area contributed by atoms with Crippen molar-refractivity contribution in [1.82, 2.24) is 20.4 Å². The second kappa shape index (κ2) is 8.18. The standard InChI is InChI=1S/C20H20N4O3/c1-24-17-6-4-3-5-16(17)21-18(24)13-20(26)23-22-19(25)12-9-14-7-10-15(27-2)11-8-14/h3-12H,13H2,1-2H3,(H,22,25)(H,23,26). The fraction of sp³-hybridized carbons (Fsp3) is 0.150. The fourth-order valence-electron chi connectivity index (χ4n) is 2.60. The Morgan fingerprint density at radius 3 is 2.56 bits per heavy atom. The first-order valence-corrected chi connectivity index (χ1v) is 8.38. The van der Waals surface area contributed by atoms with Gasteiger partial charge in [-0.1, -0.05) is 24.3 Å². The summed E-state index contributed by atoms with van der Waals surface area (Å²) in [6.07, 6.45) is 3.05. The van der Waals surface area contributed by atoms with Crippen molar-refractivity contribution in [3.63, 3.8) is 0 Å². The lowest BCUT2D eigenvalue weighted by Crippen LogP contribution is -2.41. The highest BCUT2D eigenvalue weighted by Gasteiger charge is 2.11. The number of aryl methyl sites for hydroxylation is 1. The maximum Gasteiger partial charge on any atom is 0.262 e. The third kappa shape index (κ3) is 4.52. The van der Waals surface area contributed by atoms with E-state index < -0.39 is 5.91 Å². The predicted octanol–water partition coefficient (Wildman–Crippen LogP) is 1.99. The number of imidazole rings is 1. The number of hydrazine groups is 1. The molecular weight excluding hydrogens is 344 g/mol. The van der Waals surface area contributed by atoms with Gasteiger partial charge in [0.1, 0.15) is 11.6 Å². The number of nitrogens with one attached hydrogen (secondary N) is 2. The van der Waals surface area contributed by atoms with Crippen LogP contribution in [0.5, 0.6) is 5.75 Å². The average Bonchev–Trinajstić information content (AvgIpc) is 3.01. The lowest BCUT2D eigenvalue weighted by atomic mass is 10.2. The van der Waals surface area contributed by atoms with E-state index in [2.05, 4.69) is 15.8 Å². The number of hydrogen-bond acceptors (Lipinski definition) is 4. The van der Waals surface area contributed by atoms with Crippen LogP contribution in [0, 0.1) is 0 Å². The van der Waals surface area contributed by atoms with Crippen molar-refractivity contribution in [3.8, 4) is 5.75 Å². The van der Waals surface area contributed by atoms with Gasteiger partial charge in [0.25, 0.3) is 5.91 Å². The number of benzene rings is 2. The first kappa shape index (κ1) is 18.2. The number of nitrogens with zero attached hydrogens (tertiary/aromatic N) is 2. The third-order valence-corrected chi connectivity index (χ3v) is 4.07. The van der Waals surface area contributed by atoms with Crippen LogP contribution in [0.2, 0.25) is 0 Å².